The molecule has 3 aliphatic rings. The van der Waals surface area contributed by atoms with Gasteiger partial charge in [0.2, 0.25) is 5.91 Å². The summed E-state index contributed by atoms with van der Waals surface area (Å²) in [7, 11) is 0. The van der Waals surface area contributed by atoms with Gasteiger partial charge in [0.25, 0.3) is 0 Å². The SMILES string of the molecule is C[C@@H]1CN(C(=O)CN2C(=O)N3CCCN=C3c3ccc(Cl)cc32)C[C@H](C)O1. The zero-order chi connectivity index (χ0) is 19.1. The Morgan fingerprint density at radius 2 is 2.04 bits per heavy atom. The van der Waals surface area contributed by atoms with Crippen molar-refractivity contribution >= 4 is 35.1 Å². The predicted octanol–water partition coefficient (Wildman–Crippen LogP) is 2.37. The van der Waals surface area contributed by atoms with Crippen LogP contribution in [0.1, 0.15) is 25.8 Å². The molecule has 4 rings (SSSR count). The fraction of sp³-hybridized carbons (Fsp3) is 0.526. The molecule has 0 aliphatic carbocycles. The molecule has 0 spiro atoms. The molecule has 3 amide bonds. The van der Waals surface area contributed by atoms with Crippen LogP contribution in [0, 0.1) is 0 Å². The molecule has 2 atom stereocenters. The van der Waals surface area contributed by atoms with Crippen LogP contribution in [-0.4, -0.2) is 72.5 Å². The molecule has 3 heterocycles. The number of nitrogens with zero attached hydrogens (tertiary/aromatic N) is 4. The maximum atomic E-state index is 13.1. The molecule has 1 fully saturated rings. The zero-order valence-electron chi connectivity index (χ0n) is 15.5. The normalized spacial score (nSPS) is 25.1. The van der Waals surface area contributed by atoms with E-state index in [4.69, 9.17) is 16.3 Å². The number of hydrogen-bond donors (Lipinski definition) is 0. The number of amides is 3. The first-order valence-electron chi connectivity index (χ1n) is 9.30. The van der Waals surface area contributed by atoms with Gasteiger partial charge in [-0.1, -0.05) is 11.6 Å². The first-order valence-corrected chi connectivity index (χ1v) is 9.68. The molecule has 27 heavy (non-hydrogen) atoms. The molecular weight excluding hydrogens is 368 g/mol. The van der Waals surface area contributed by atoms with E-state index < -0.39 is 0 Å². The lowest BCUT2D eigenvalue weighted by Gasteiger charge is -2.41. The van der Waals surface area contributed by atoms with Crippen molar-refractivity contribution < 1.29 is 14.3 Å². The van der Waals surface area contributed by atoms with Crippen molar-refractivity contribution in [2.45, 2.75) is 32.5 Å². The van der Waals surface area contributed by atoms with Gasteiger partial charge in [0.05, 0.1) is 17.9 Å². The Morgan fingerprint density at radius 3 is 2.78 bits per heavy atom. The van der Waals surface area contributed by atoms with Crippen LogP contribution in [0.3, 0.4) is 0 Å². The number of hydrogen-bond acceptors (Lipinski definition) is 4. The molecule has 7 nitrogen and oxygen atoms in total. The Labute approximate surface area is 163 Å². The van der Waals surface area contributed by atoms with Gasteiger partial charge in [-0.2, -0.15) is 0 Å². The molecule has 0 N–H and O–H groups in total. The molecule has 0 saturated carbocycles. The van der Waals surface area contributed by atoms with Crippen molar-refractivity contribution in [1.29, 1.82) is 0 Å². The molecule has 3 aliphatic heterocycles. The quantitative estimate of drug-likeness (QED) is 0.778. The highest BCUT2D eigenvalue weighted by molar-refractivity contribution is 6.31. The molecule has 0 radical (unpaired) electrons. The highest BCUT2D eigenvalue weighted by atomic mass is 35.5. The Kier molecular flexibility index (Phi) is 4.82. The van der Waals surface area contributed by atoms with Crippen LogP contribution >= 0.6 is 11.6 Å². The smallest absolute Gasteiger partial charge is 0.330 e. The van der Waals surface area contributed by atoms with Crippen molar-refractivity contribution in [2.75, 3.05) is 37.6 Å². The second-order valence-electron chi connectivity index (χ2n) is 7.30. The minimum absolute atomic E-state index is 0.0164. The number of morpholine rings is 1. The molecular formula is C19H23ClN4O3. The first kappa shape index (κ1) is 18.3. The third-order valence-electron chi connectivity index (χ3n) is 5.08. The summed E-state index contributed by atoms with van der Waals surface area (Å²) in [5, 5.41) is 0.525. The second kappa shape index (κ2) is 7.13. The number of rotatable bonds is 2. The molecule has 8 heteroatoms. The van der Waals surface area contributed by atoms with Crippen molar-refractivity contribution in [3.05, 3.63) is 28.8 Å². The molecule has 0 bridgehead atoms. The summed E-state index contributed by atoms with van der Waals surface area (Å²) in [5.41, 5.74) is 1.49. The van der Waals surface area contributed by atoms with E-state index in [9.17, 15) is 9.59 Å². The van der Waals surface area contributed by atoms with E-state index in [1.54, 1.807) is 21.9 Å². The van der Waals surface area contributed by atoms with Crippen LogP contribution in [0.15, 0.2) is 23.2 Å². The van der Waals surface area contributed by atoms with Crippen molar-refractivity contribution in [2.24, 2.45) is 4.99 Å². The van der Waals surface area contributed by atoms with Gasteiger partial charge < -0.3 is 9.64 Å². The number of halogens is 1. The van der Waals surface area contributed by atoms with Gasteiger partial charge in [-0.3, -0.25) is 19.6 Å². The van der Waals surface area contributed by atoms with E-state index >= 15 is 0 Å². The second-order valence-corrected chi connectivity index (χ2v) is 7.73. The van der Waals surface area contributed by atoms with Crippen LogP contribution in [0.2, 0.25) is 5.02 Å². The number of anilines is 1. The summed E-state index contributed by atoms with van der Waals surface area (Å²) in [4.78, 5) is 35.6. The standard InChI is InChI=1S/C19H23ClN4O3/c1-12-9-22(10-13(2)27-12)17(25)11-24-16-8-14(20)4-5-15(16)18-21-6-3-7-23(18)19(24)26/h4-5,8,12-13H,3,6-7,9-11H2,1-2H3/t12-,13+. The number of carbonyl (C=O) groups is 2. The van der Waals surface area contributed by atoms with E-state index in [1.165, 1.54) is 4.90 Å². The highest BCUT2D eigenvalue weighted by Gasteiger charge is 2.38. The monoisotopic (exact) mass is 390 g/mol. The number of urea groups is 1. The summed E-state index contributed by atoms with van der Waals surface area (Å²) >= 11 is 6.18. The molecule has 144 valence electrons. The van der Waals surface area contributed by atoms with Crippen molar-refractivity contribution in [3.8, 4) is 0 Å². The number of aliphatic imine (C=N–C) groups is 1. The summed E-state index contributed by atoms with van der Waals surface area (Å²) in [6.45, 7) is 6.25. The van der Waals surface area contributed by atoms with Crippen LogP contribution in [0.4, 0.5) is 10.5 Å². The number of benzene rings is 1. The lowest BCUT2D eigenvalue weighted by atomic mass is 10.1. The Hall–Kier alpha value is -2.12. The molecule has 1 saturated heterocycles. The summed E-state index contributed by atoms with van der Waals surface area (Å²) in [5.74, 6) is 0.587. The van der Waals surface area contributed by atoms with Crippen molar-refractivity contribution in [3.63, 3.8) is 0 Å². The van der Waals surface area contributed by atoms with Gasteiger partial charge >= 0.3 is 6.03 Å². The third kappa shape index (κ3) is 3.41. The molecule has 1 aromatic carbocycles. The van der Waals surface area contributed by atoms with E-state index in [2.05, 4.69) is 4.99 Å². The highest BCUT2D eigenvalue weighted by Crippen LogP contribution is 2.33. The third-order valence-corrected chi connectivity index (χ3v) is 5.31. The van der Waals surface area contributed by atoms with Gasteiger partial charge in [0.15, 0.2) is 0 Å². The Balaban J connectivity index is 1.64. The number of amidine groups is 1. The number of ether oxygens (including phenoxy) is 1. The maximum absolute atomic E-state index is 13.1. The summed E-state index contributed by atoms with van der Waals surface area (Å²) in [6, 6.07) is 5.18. The minimum atomic E-state index is -0.217. The minimum Gasteiger partial charge on any atom is -0.372 e. The molecule has 1 aromatic rings. The summed E-state index contributed by atoms with van der Waals surface area (Å²) < 4.78 is 5.70. The predicted molar refractivity (Wildman–Crippen MR) is 104 cm³/mol. The number of carbonyl (C=O) groups excluding carboxylic acids is 2. The molecule has 0 unspecified atom stereocenters. The Morgan fingerprint density at radius 1 is 1.30 bits per heavy atom. The Bertz CT molecular complexity index is 802. The van der Waals surface area contributed by atoms with Gasteiger partial charge in [-0.25, -0.2) is 4.79 Å². The van der Waals surface area contributed by atoms with Crippen LogP contribution in [-0.2, 0) is 9.53 Å². The van der Waals surface area contributed by atoms with E-state index in [0.717, 1.165) is 12.0 Å². The van der Waals surface area contributed by atoms with E-state index in [0.29, 0.717) is 42.7 Å². The average molecular weight is 391 g/mol. The topological polar surface area (TPSA) is 65.5 Å². The lowest BCUT2D eigenvalue weighted by Crippen LogP contribution is -2.57. The van der Waals surface area contributed by atoms with Gasteiger partial charge in [-0.05, 0) is 38.5 Å². The van der Waals surface area contributed by atoms with E-state index in [-0.39, 0.29) is 30.7 Å². The molecule has 0 aromatic heterocycles. The van der Waals surface area contributed by atoms with Gasteiger partial charge in [0.1, 0.15) is 12.4 Å². The number of fused-ring (bicyclic) bond motifs is 3. The first-order chi connectivity index (χ1) is 12.9. The average Bonchev–Trinajstić information content (AvgIpc) is 2.64. The zero-order valence-corrected chi connectivity index (χ0v) is 16.3. The van der Waals surface area contributed by atoms with Crippen LogP contribution in [0.5, 0.6) is 0 Å². The van der Waals surface area contributed by atoms with Crippen LogP contribution in [0.25, 0.3) is 0 Å². The van der Waals surface area contributed by atoms with Crippen molar-refractivity contribution in [1.82, 2.24) is 9.80 Å². The van der Waals surface area contributed by atoms with Crippen LogP contribution < -0.4 is 4.90 Å². The fourth-order valence-electron chi connectivity index (χ4n) is 3.96. The van der Waals surface area contributed by atoms with E-state index in [1.807, 2.05) is 19.9 Å². The summed E-state index contributed by atoms with van der Waals surface area (Å²) in [6.07, 6.45) is 0.785. The maximum Gasteiger partial charge on any atom is 0.330 e. The van der Waals surface area contributed by atoms with Gasteiger partial charge in [-0.15, -0.1) is 0 Å². The van der Waals surface area contributed by atoms with Gasteiger partial charge in [0, 0.05) is 36.8 Å². The largest absolute Gasteiger partial charge is 0.372 e. The fourth-order valence-corrected chi connectivity index (χ4v) is 4.12. The lowest BCUT2D eigenvalue weighted by molar-refractivity contribution is -0.141.